The minimum atomic E-state index is 0.108. The van der Waals surface area contributed by atoms with Gasteiger partial charge in [-0.15, -0.1) is 11.6 Å². The summed E-state index contributed by atoms with van der Waals surface area (Å²) in [5.74, 6) is 0.686. The Labute approximate surface area is 111 Å². The van der Waals surface area contributed by atoms with Gasteiger partial charge in [0.05, 0.1) is 5.69 Å². The zero-order valence-corrected chi connectivity index (χ0v) is 12.1. The lowest BCUT2D eigenvalue weighted by Gasteiger charge is -2.29. The monoisotopic (exact) mass is 304 g/mol. The maximum absolute atomic E-state index is 5.81. The van der Waals surface area contributed by atoms with Crippen LogP contribution in [0.3, 0.4) is 0 Å². The first-order chi connectivity index (χ1) is 7.59. The number of hydrogen-bond acceptors (Lipinski definition) is 2. The summed E-state index contributed by atoms with van der Waals surface area (Å²) in [6.45, 7) is 5.16. The summed E-state index contributed by atoms with van der Waals surface area (Å²) in [5.41, 5.74) is 1.16. The van der Waals surface area contributed by atoms with Crippen LogP contribution in [0.15, 0.2) is 22.8 Å². The topological polar surface area (TPSA) is 24.9 Å². The molecule has 0 saturated heterocycles. The Bertz CT molecular complexity index is 315. The number of hydrogen-bond donors (Lipinski definition) is 1. The Kier molecular flexibility index (Phi) is 5.73. The van der Waals surface area contributed by atoms with Gasteiger partial charge < -0.3 is 5.32 Å². The molecule has 0 saturated carbocycles. The van der Waals surface area contributed by atoms with Crippen LogP contribution in [0.5, 0.6) is 0 Å². The molecule has 0 spiro atoms. The Balaban J connectivity index is 2.52. The zero-order valence-electron chi connectivity index (χ0n) is 9.76. The van der Waals surface area contributed by atoms with E-state index < -0.39 is 0 Å². The maximum Gasteiger partial charge on any atom is 0.0542 e. The first-order valence-electron chi connectivity index (χ1n) is 5.51. The molecule has 1 aromatic rings. The van der Waals surface area contributed by atoms with E-state index in [9.17, 15) is 0 Å². The van der Waals surface area contributed by atoms with Gasteiger partial charge in [-0.1, -0.05) is 6.92 Å². The van der Waals surface area contributed by atoms with E-state index in [1.165, 1.54) is 0 Å². The second-order valence-corrected chi connectivity index (χ2v) is 5.47. The van der Waals surface area contributed by atoms with Gasteiger partial charge in [0.25, 0.3) is 0 Å². The highest BCUT2D eigenvalue weighted by atomic mass is 79.9. The molecule has 1 rings (SSSR count). The molecule has 16 heavy (non-hydrogen) atoms. The van der Waals surface area contributed by atoms with E-state index in [1.54, 1.807) is 0 Å². The van der Waals surface area contributed by atoms with E-state index in [0.29, 0.717) is 5.88 Å². The molecular formula is C12H18BrClN2. The van der Waals surface area contributed by atoms with Crippen LogP contribution in [0, 0.1) is 0 Å². The minimum absolute atomic E-state index is 0.108. The van der Waals surface area contributed by atoms with Crippen molar-refractivity contribution in [2.75, 3.05) is 5.88 Å². The Hall–Kier alpha value is -0.120. The van der Waals surface area contributed by atoms with E-state index >= 15 is 0 Å². The molecule has 0 aromatic carbocycles. The van der Waals surface area contributed by atoms with Crippen molar-refractivity contribution in [1.82, 2.24) is 10.3 Å². The number of rotatable bonds is 6. The fourth-order valence-corrected chi connectivity index (χ4v) is 2.07. The predicted molar refractivity (Wildman–Crippen MR) is 72.8 cm³/mol. The van der Waals surface area contributed by atoms with Crippen molar-refractivity contribution in [2.24, 2.45) is 0 Å². The van der Waals surface area contributed by atoms with Crippen LogP contribution in [0.25, 0.3) is 0 Å². The third-order valence-corrected chi connectivity index (χ3v) is 3.57. The van der Waals surface area contributed by atoms with Crippen LogP contribution in [-0.2, 0) is 6.54 Å². The summed E-state index contributed by atoms with van der Waals surface area (Å²) < 4.78 is 1.01. The zero-order chi connectivity index (χ0) is 12.0. The molecule has 4 heteroatoms. The molecule has 0 fully saturated rings. The Morgan fingerprint density at radius 3 is 2.75 bits per heavy atom. The maximum atomic E-state index is 5.81. The average Bonchev–Trinajstić information content (AvgIpc) is 2.29. The highest BCUT2D eigenvalue weighted by Crippen LogP contribution is 2.16. The van der Waals surface area contributed by atoms with Crippen LogP contribution >= 0.6 is 27.5 Å². The highest BCUT2D eigenvalue weighted by Gasteiger charge is 2.20. The van der Waals surface area contributed by atoms with Crippen molar-refractivity contribution < 1.29 is 0 Å². The van der Waals surface area contributed by atoms with Crippen LogP contribution < -0.4 is 5.32 Å². The molecule has 1 aromatic heterocycles. The highest BCUT2D eigenvalue weighted by molar-refractivity contribution is 9.10. The molecule has 0 aliphatic rings. The van der Waals surface area contributed by atoms with Gasteiger partial charge >= 0.3 is 0 Å². The average molecular weight is 306 g/mol. The smallest absolute Gasteiger partial charge is 0.0542 e. The number of nitrogens with one attached hydrogen (secondary N) is 1. The van der Waals surface area contributed by atoms with Crippen molar-refractivity contribution in [3.05, 3.63) is 28.5 Å². The van der Waals surface area contributed by atoms with E-state index in [4.69, 9.17) is 11.6 Å². The molecule has 2 nitrogen and oxygen atoms in total. The van der Waals surface area contributed by atoms with Crippen LogP contribution in [0.1, 0.15) is 32.4 Å². The first kappa shape index (κ1) is 13.9. The number of pyridine rings is 1. The van der Waals surface area contributed by atoms with Crippen LogP contribution in [-0.4, -0.2) is 16.4 Å². The Morgan fingerprint density at radius 2 is 2.25 bits per heavy atom. The summed E-state index contributed by atoms with van der Waals surface area (Å²) in [5, 5.41) is 3.52. The van der Waals surface area contributed by atoms with Crippen molar-refractivity contribution in [1.29, 1.82) is 0 Å². The number of nitrogens with zero attached hydrogens (tertiary/aromatic N) is 1. The fourth-order valence-electron chi connectivity index (χ4n) is 1.41. The summed E-state index contributed by atoms with van der Waals surface area (Å²) in [7, 11) is 0. The van der Waals surface area contributed by atoms with Crippen molar-refractivity contribution in [2.45, 2.75) is 38.8 Å². The summed E-state index contributed by atoms with van der Waals surface area (Å²) in [4.78, 5) is 4.33. The van der Waals surface area contributed by atoms with Gasteiger partial charge in [-0.3, -0.25) is 4.98 Å². The third-order valence-electron chi connectivity index (χ3n) is 2.91. The van der Waals surface area contributed by atoms with Gasteiger partial charge in [0.1, 0.15) is 0 Å². The van der Waals surface area contributed by atoms with Gasteiger partial charge in [-0.2, -0.15) is 0 Å². The van der Waals surface area contributed by atoms with Crippen LogP contribution in [0.4, 0.5) is 0 Å². The van der Waals surface area contributed by atoms with Crippen LogP contribution in [0.2, 0.25) is 0 Å². The van der Waals surface area contributed by atoms with Gasteiger partial charge in [0.2, 0.25) is 0 Å². The van der Waals surface area contributed by atoms with Gasteiger partial charge in [-0.25, -0.2) is 0 Å². The summed E-state index contributed by atoms with van der Waals surface area (Å²) in [6.07, 6.45) is 3.86. The molecule has 0 aliphatic heterocycles. The second kappa shape index (κ2) is 6.58. The molecule has 1 N–H and O–H groups in total. The molecule has 1 unspecified atom stereocenters. The number of alkyl halides is 1. The molecule has 0 amide bonds. The lowest BCUT2D eigenvalue weighted by molar-refractivity contribution is 0.329. The fraction of sp³-hybridized carbons (Fsp3) is 0.583. The Morgan fingerprint density at radius 1 is 1.50 bits per heavy atom. The summed E-state index contributed by atoms with van der Waals surface area (Å²) in [6, 6.07) is 4.03. The molecule has 1 heterocycles. The quantitative estimate of drug-likeness (QED) is 0.810. The van der Waals surface area contributed by atoms with E-state index in [1.807, 2.05) is 18.3 Å². The number of halogens is 2. The second-order valence-electron chi connectivity index (χ2n) is 4.17. The molecule has 90 valence electrons. The standard InChI is InChI=1S/C12H18BrClN2/c1-3-12(2,6-7-14)16-9-11-5-4-10(13)8-15-11/h4-5,8,16H,3,6-7,9H2,1-2H3. The third kappa shape index (κ3) is 4.40. The lowest BCUT2D eigenvalue weighted by atomic mass is 9.95. The van der Waals surface area contributed by atoms with Gasteiger partial charge in [0.15, 0.2) is 0 Å². The molecule has 1 atom stereocenters. The van der Waals surface area contributed by atoms with Crippen molar-refractivity contribution >= 4 is 27.5 Å². The summed E-state index contributed by atoms with van der Waals surface area (Å²) >= 11 is 9.18. The first-order valence-corrected chi connectivity index (χ1v) is 6.84. The van der Waals surface area contributed by atoms with Gasteiger partial charge in [0, 0.05) is 28.6 Å². The number of aromatic nitrogens is 1. The van der Waals surface area contributed by atoms with E-state index in [-0.39, 0.29) is 5.54 Å². The lowest BCUT2D eigenvalue weighted by Crippen LogP contribution is -2.41. The van der Waals surface area contributed by atoms with E-state index in [2.05, 4.69) is 40.1 Å². The predicted octanol–water partition coefficient (Wildman–Crippen LogP) is 3.73. The largest absolute Gasteiger partial charge is 0.306 e. The molecule has 0 aliphatic carbocycles. The SMILES string of the molecule is CCC(C)(CCCl)NCc1ccc(Br)cn1. The normalized spacial score (nSPS) is 14.8. The van der Waals surface area contributed by atoms with Crippen molar-refractivity contribution in [3.8, 4) is 0 Å². The van der Waals surface area contributed by atoms with Gasteiger partial charge in [-0.05, 0) is 47.8 Å². The molecular weight excluding hydrogens is 288 g/mol. The molecule has 0 bridgehead atoms. The molecule has 0 radical (unpaired) electrons. The minimum Gasteiger partial charge on any atom is -0.306 e. The van der Waals surface area contributed by atoms with Crippen molar-refractivity contribution in [3.63, 3.8) is 0 Å². The van der Waals surface area contributed by atoms with E-state index in [0.717, 1.165) is 29.6 Å².